The van der Waals surface area contributed by atoms with E-state index in [0.29, 0.717) is 16.3 Å². The molecule has 1 aliphatic rings. The van der Waals surface area contributed by atoms with Crippen LogP contribution in [-0.2, 0) is 0 Å². The fourth-order valence-electron chi connectivity index (χ4n) is 2.87. The van der Waals surface area contributed by atoms with E-state index in [2.05, 4.69) is 17.5 Å². The highest BCUT2D eigenvalue weighted by molar-refractivity contribution is 6.31. The first kappa shape index (κ1) is 16.8. The highest BCUT2D eigenvalue weighted by Crippen LogP contribution is 2.26. The summed E-state index contributed by atoms with van der Waals surface area (Å²) in [5.74, 6) is 1.02. The molecule has 4 nitrogen and oxygen atoms in total. The maximum atomic E-state index is 12.2. The Morgan fingerprint density at radius 2 is 2.14 bits per heavy atom. The van der Waals surface area contributed by atoms with Crippen molar-refractivity contribution in [2.45, 2.75) is 45.4 Å². The second kappa shape index (κ2) is 8.18. The van der Waals surface area contributed by atoms with Crippen molar-refractivity contribution in [3.63, 3.8) is 0 Å². The smallest absolute Gasteiger partial charge is 0.275 e. The number of carbonyl (C=O) groups excluding carboxylic acids is 1. The molecule has 0 aromatic heterocycles. The molecule has 0 spiro atoms. The Morgan fingerprint density at radius 1 is 1.41 bits per heavy atom. The Kier molecular flexibility index (Phi) is 6.25. The molecule has 0 radical (unpaired) electrons. The molecule has 0 heterocycles. The first-order valence-electron chi connectivity index (χ1n) is 7.83. The second-order valence-electron chi connectivity index (χ2n) is 5.70. The summed E-state index contributed by atoms with van der Waals surface area (Å²) in [4.78, 5) is 12.2. The van der Waals surface area contributed by atoms with Crippen LogP contribution in [0.5, 0.6) is 5.75 Å². The third kappa shape index (κ3) is 4.47. The summed E-state index contributed by atoms with van der Waals surface area (Å²) in [6.07, 6.45) is 6.81. The van der Waals surface area contributed by atoms with Crippen LogP contribution in [0.4, 0.5) is 0 Å². The van der Waals surface area contributed by atoms with Crippen molar-refractivity contribution in [2.24, 2.45) is 11.0 Å². The average molecular weight is 323 g/mol. The van der Waals surface area contributed by atoms with E-state index < -0.39 is 0 Å². The molecule has 1 aromatic carbocycles. The van der Waals surface area contributed by atoms with Crippen LogP contribution in [0, 0.1) is 5.92 Å². The van der Waals surface area contributed by atoms with Gasteiger partial charge in [-0.15, -0.1) is 0 Å². The lowest BCUT2D eigenvalue weighted by atomic mass is 9.85. The zero-order valence-electron chi connectivity index (χ0n) is 13.2. The minimum atomic E-state index is -0.289. The molecular weight excluding hydrogens is 300 g/mol. The van der Waals surface area contributed by atoms with Gasteiger partial charge in [-0.25, -0.2) is 5.43 Å². The van der Waals surface area contributed by atoms with Gasteiger partial charge in [0.2, 0.25) is 0 Å². The van der Waals surface area contributed by atoms with E-state index in [-0.39, 0.29) is 5.91 Å². The van der Waals surface area contributed by atoms with Crippen LogP contribution < -0.4 is 10.2 Å². The lowest BCUT2D eigenvalue weighted by Gasteiger charge is -2.22. The zero-order valence-corrected chi connectivity index (χ0v) is 13.9. The summed E-state index contributed by atoms with van der Waals surface area (Å²) in [5.41, 5.74) is 4.10. The van der Waals surface area contributed by atoms with E-state index in [4.69, 9.17) is 16.3 Å². The number of carbonyl (C=O) groups is 1. The largest absolute Gasteiger partial charge is 0.496 e. The molecule has 0 aliphatic heterocycles. The van der Waals surface area contributed by atoms with Gasteiger partial charge in [0.1, 0.15) is 5.75 Å². The normalized spacial score (nSPS) is 18.0. The number of hydrogen-bond acceptors (Lipinski definition) is 3. The molecule has 1 amide bonds. The number of hydrogen-bond donors (Lipinski definition) is 1. The van der Waals surface area contributed by atoms with Crippen LogP contribution in [0.15, 0.2) is 23.3 Å². The second-order valence-corrected chi connectivity index (χ2v) is 6.13. The van der Waals surface area contributed by atoms with Gasteiger partial charge >= 0.3 is 0 Å². The van der Waals surface area contributed by atoms with Crippen molar-refractivity contribution in [2.75, 3.05) is 7.11 Å². The highest BCUT2D eigenvalue weighted by Gasteiger charge is 2.18. The van der Waals surface area contributed by atoms with Crippen molar-refractivity contribution in [3.8, 4) is 5.75 Å². The third-order valence-corrected chi connectivity index (χ3v) is 4.34. The molecule has 1 N–H and O–H groups in total. The summed E-state index contributed by atoms with van der Waals surface area (Å²) in [7, 11) is 1.53. The molecule has 1 saturated carbocycles. The van der Waals surface area contributed by atoms with Gasteiger partial charge in [0.15, 0.2) is 0 Å². The van der Waals surface area contributed by atoms with Crippen molar-refractivity contribution < 1.29 is 9.53 Å². The van der Waals surface area contributed by atoms with Gasteiger partial charge < -0.3 is 4.74 Å². The number of nitrogens with zero attached hydrogens (tertiary/aromatic N) is 1. The number of nitrogens with one attached hydrogen (secondary N) is 1. The molecule has 1 aliphatic carbocycles. The lowest BCUT2D eigenvalue weighted by Crippen LogP contribution is -2.22. The number of benzene rings is 1. The summed E-state index contributed by atoms with van der Waals surface area (Å²) >= 11 is 5.94. The topological polar surface area (TPSA) is 50.7 Å². The molecule has 0 atom stereocenters. The first-order valence-corrected chi connectivity index (χ1v) is 8.21. The van der Waals surface area contributed by atoms with Crippen molar-refractivity contribution in [1.82, 2.24) is 5.43 Å². The summed E-state index contributed by atoms with van der Waals surface area (Å²) in [6.45, 7) is 2.22. The number of halogens is 1. The fraction of sp³-hybridized carbons (Fsp3) is 0.529. The number of hydrazone groups is 1. The number of ether oxygens (including phenoxy) is 1. The van der Waals surface area contributed by atoms with E-state index >= 15 is 0 Å². The van der Waals surface area contributed by atoms with Gasteiger partial charge in [-0.05, 0) is 49.8 Å². The van der Waals surface area contributed by atoms with Crippen LogP contribution >= 0.6 is 11.6 Å². The van der Waals surface area contributed by atoms with Gasteiger partial charge in [-0.2, -0.15) is 5.10 Å². The van der Waals surface area contributed by atoms with Gasteiger partial charge in [-0.3, -0.25) is 4.79 Å². The third-order valence-electron chi connectivity index (χ3n) is 4.10. The highest BCUT2D eigenvalue weighted by atomic mass is 35.5. The maximum Gasteiger partial charge on any atom is 0.275 e. The standard InChI is InChI=1S/C17H23ClN2O2/c1-3-4-12-5-8-14(9-6-12)19-20-17(21)15-11-13(18)7-10-16(15)22-2/h7,10-12H,3-6,8-9H2,1-2H3,(H,20,21). The van der Waals surface area contributed by atoms with E-state index in [9.17, 15) is 4.79 Å². The monoisotopic (exact) mass is 322 g/mol. The van der Waals surface area contributed by atoms with Crippen molar-refractivity contribution >= 4 is 23.2 Å². The number of amides is 1. The van der Waals surface area contributed by atoms with Gasteiger partial charge in [0, 0.05) is 10.7 Å². The molecular formula is C17H23ClN2O2. The van der Waals surface area contributed by atoms with E-state index in [1.807, 2.05) is 0 Å². The summed E-state index contributed by atoms with van der Waals surface area (Å²) in [5, 5.41) is 4.78. The molecule has 0 saturated heterocycles. The summed E-state index contributed by atoms with van der Waals surface area (Å²) in [6, 6.07) is 4.96. The molecule has 5 heteroatoms. The molecule has 2 rings (SSSR count). The quantitative estimate of drug-likeness (QED) is 0.815. The predicted octanol–water partition coefficient (Wildman–Crippen LogP) is 4.42. The lowest BCUT2D eigenvalue weighted by molar-refractivity contribution is 0.0951. The Morgan fingerprint density at radius 3 is 2.77 bits per heavy atom. The molecule has 22 heavy (non-hydrogen) atoms. The van der Waals surface area contributed by atoms with Gasteiger partial charge in [0.25, 0.3) is 5.91 Å². The SMILES string of the molecule is CCCC1CCC(=NNC(=O)c2cc(Cl)ccc2OC)CC1. The summed E-state index contributed by atoms with van der Waals surface area (Å²) < 4.78 is 5.19. The molecule has 1 fully saturated rings. The number of rotatable bonds is 5. The van der Waals surface area contributed by atoms with Crippen molar-refractivity contribution in [1.29, 1.82) is 0 Å². The Hall–Kier alpha value is -1.55. The first-order chi connectivity index (χ1) is 10.6. The Labute approximate surface area is 136 Å². The van der Waals surface area contributed by atoms with Crippen LogP contribution in [0.2, 0.25) is 5.02 Å². The molecule has 120 valence electrons. The molecule has 0 unspecified atom stereocenters. The minimum absolute atomic E-state index is 0.289. The Bertz CT molecular complexity index is 548. The Balaban J connectivity index is 1.96. The van der Waals surface area contributed by atoms with E-state index in [1.165, 1.54) is 32.8 Å². The molecule has 0 bridgehead atoms. The van der Waals surface area contributed by atoms with Gasteiger partial charge in [0.05, 0.1) is 12.7 Å². The van der Waals surface area contributed by atoms with Gasteiger partial charge in [-0.1, -0.05) is 31.4 Å². The zero-order chi connectivity index (χ0) is 15.9. The van der Waals surface area contributed by atoms with Crippen molar-refractivity contribution in [3.05, 3.63) is 28.8 Å². The fourth-order valence-corrected chi connectivity index (χ4v) is 3.04. The van der Waals surface area contributed by atoms with Crippen LogP contribution in [-0.4, -0.2) is 18.7 Å². The minimum Gasteiger partial charge on any atom is -0.496 e. The van der Waals surface area contributed by atoms with Crippen LogP contribution in [0.3, 0.4) is 0 Å². The van der Waals surface area contributed by atoms with Crippen LogP contribution in [0.1, 0.15) is 55.8 Å². The van der Waals surface area contributed by atoms with E-state index in [0.717, 1.165) is 24.5 Å². The van der Waals surface area contributed by atoms with E-state index in [1.54, 1.807) is 18.2 Å². The predicted molar refractivity (Wildman–Crippen MR) is 89.8 cm³/mol. The maximum absolute atomic E-state index is 12.2. The number of methoxy groups -OCH3 is 1. The average Bonchev–Trinajstić information content (AvgIpc) is 2.54. The van der Waals surface area contributed by atoms with Crippen LogP contribution in [0.25, 0.3) is 0 Å². The molecule has 1 aromatic rings.